The van der Waals surface area contributed by atoms with Gasteiger partial charge in [-0.3, -0.25) is 19.3 Å². The van der Waals surface area contributed by atoms with Crippen molar-refractivity contribution >= 4 is 29.1 Å². The lowest BCUT2D eigenvalue weighted by molar-refractivity contribution is -0.123. The van der Waals surface area contributed by atoms with Gasteiger partial charge in [-0.15, -0.1) is 0 Å². The Labute approximate surface area is 165 Å². The molecule has 3 amide bonds. The van der Waals surface area contributed by atoms with Gasteiger partial charge < -0.3 is 5.32 Å². The Balaban J connectivity index is 1.36. The Morgan fingerprint density at radius 3 is 2.00 bits per heavy atom. The number of anilines is 2. The van der Waals surface area contributed by atoms with E-state index in [1.165, 1.54) is 35.2 Å². The summed E-state index contributed by atoms with van der Waals surface area (Å²) in [5.74, 6) is -3.23. The number of hydrogen-bond donors (Lipinski definition) is 1. The molecule has 1 N–H and O–H groups in total. The highest BCUT2D eigenvalue weighted by atomic mass is 19.1. The second-order valence-electron chi connectivity index (χ2n) is 7.61. The minimum atomic E-state index is -0.877. The van der Waals surface area contributed by atoms with Crippen molar-refractivity contribution in [1.82, 2.24) is 0 Å². The van der Waals surface area contributed by atoms with Gasteiger partial charge in [-0.1, -0.05) is 18.2 Å². The van der Waals surface area contributed by atoms with Crippen LogP contribution < -0.4 is 10.2 Å². The minimum absolute atomic E-state index is 0.118. The predicted octanol–water partition coefficient (Wildman–Crippen LogP) is 3.53. The average molecular weight is 394 g/mol. The Morgan fingerprint density at radius 2 is 1.45 bits per heavy atom. The lowest BCUT2D eigenvalue weighted by Gasteiger charge is -2.17. The number of para-hydroxylation sites is 1. The molecule has 1 aliphatic heterocycles. The first-order valence-corrected chi connectivity index (χ1v) is 9.37. The molecule has 7 heteroatoms. The van der Waals surface area contributed by atoms with Gasteiger partial charge in [-0.05, 0) is 54.7 Å². The van der Waals surface area contributed by atoms with Crippen LogP contribution in [-0.4, -0.2) is 17.7 Å². The van der Waals surface area contributed by atoms with E-state index >= 15 is 0 Å². The molecule has 0 spiro atoms. The van der Waals surface area contributed by atoms with E-state index in [-0.39, 0.29) is 41.0 Å². The van der Waals surface area contributed by atoms with Gasteiger partial charge in [-0.25, -0.2) is 8.78 Å². The molecule has 4 atom stereocenters. The molecule has 29 heavy (non-hydrogen) atoms. The number of nitrogens with one attached hydrogen (secondary N) is 1. The number of imide groups is 1. The number of fused-ring (bicyclic) bond motifs is 5. The van der Waals surface area contributed by atoms with E-state index in [9.17, 15) is 23.2 Å². The van der Waals surface area contributed by atoms with Gasteiger partial charge in [0.25, 0.3) is 5.91 Å². The molecular formula is C22H16F2N2O3. The zero-order valence-electron chi connectivity index (χ0n) is 15.1. The maximum absolute atomic E-state index is 13.7. The quantitative estimate of drug-likeness (QED) is 0.640. The SMILES string of the molecule is O=C(Nc1c(F)cccc1F)c1ccc(N2C(=O)[C@@H]3[C@H](C2=O)[C@@H]2C=C[C@H]3C2)cc1. The summed E-state index contributed by atoms with van der Waals surface area (Å²) in [5, 5.41) is 2.21. The average Bonchev–Trinajstić information content (AvgIpc) is 3.39. The molecule has 146 valence electrons. The Morgan fingerprint density at radius 1 is 0.897 bits per heavy atom. The van der Waals surface area contributed by atoms with Crippen LogP contribution in [0.3, 0.4) is 0 Å². The highest BCUT2D eigenvalue weighted by Gasteiger charge is 2.59. The number of hydrogen-bond acceptors (Lipinski definition) is 3. The Hall–Kier alpha value is -3.35. The first-order valence-electron chi connectivity index (χ1n) is 9.37. The molecular weight excluding hydrogens is 378 g/mol. The van der Waals surface area contributed by atoms with Crippen molar-refractivity contribution in [3.63, 3.8) is 0 Å². The van der Waals surface area contributed by atoms with E-state index in [1.807, 2.05) is 12.2 Å². The zero-order valence-corrected chi connectivity index (χ0v) is 15.1. The highest BCUT2D eigenvalue weighted by molar-refractivity contribution is 6.23. The number of carbonyl (C=O) groups excluding carboxylic acids is 3. The van der Waals surface area contributed by atoms with Gasteiger partial charge in [-0.2, -0.15) is 0 Å². The van der Waals surface area contributed by atoms with Crippen LogP contribution in [0.25, 0.3) is 0 Å². The van der Waals surface area contributed by atoms with Crippen molar-refractivity contribution in [2.24, 2.45) is 23.7 Å². The van der Waals surface area contributed by atoms with Crippen LogP contribution in [0.2, 0.25) is 0 Å². The lowest BCUT2D eigenvalue weighted by Crippen LogP contribution is -2.32. The normalized spacial score (nSPS) is 26.9. The number of amides is 3. The summed E-state index contributed by atoms with van der Waals surface area (Å²) in [4.78, 5) is 39.2. The summed E-state index contributed by atoms with van der Waals surface area (Å²) >= 11 is 0. The van der Waals surface area contributed by atoms with E-state index in [2.05, 4.69) is 5.32 Å². The van der Waals surface area contributed by atoms with Gasteiger partial charge in [0, 0.05) is 5.56 Å². The molecule has 2 fully saturated rings. The van der Waals surface area contributed by atoms with Crippen molar-refractivity contribution in [1.29, 1.82) is 0 Å². The summed E-state index contributed by atoms with van der Waals surface area (Å²) < 4.78 is 27.4. The third kappa shape index (κ3) is 2.61. The minimum Gasteiger partial charge on any atom is -0.317 e. The lowest BCUT2D eigenvalue weighted by atomic mass is 9.85. The number of halogens is 2. The fraction of sp³-hybridized carbons (Fsp3) is 0.227. The van der Waals surface area contributed by atoms with Crippen molar-refractivity contribution in [2.75, 3.05) is 10.2 Å². The number of rotatable bonds is 3. The molecule has 1 saturated carbocycles. The maximum Gasteiger partial charge on any atom is 0.255 e. The Kier molecular flexibility index (Phi) is 3.87. The van der Waals surface area contributed by atoms with Crippen LogP contribution in [0.1, 0.15) is 16.8 Å². The number of carbonyl (C=O) groups is 3. The molecule has 5 rings (SSSR count). The first-order chi connectivity index (χ1) is 14.0. The molecule has 2 aromatic carbocycles. The van der Waals surface area contributed by atoms with E-state index in [1.54, 1.807) is 0 Å². The van der Waals surface area contributed by atoms with Crippen molar-refractivity contribution in [3.05, 3.63) is 71.8 Å². The Bertz CT molecular complexity index is 1030. The number of nitrogens with zero attached hydrogens (tertiary/aromatic N) is 1. The van der Waals surface area contributed by atoms with Crippen LogP contribution in [-0.2, 0) is 9.59 Å². The molecule has 2 aliphatic carbocycles. The third-order valence-electron chi connectivity index (χ3n) is 6.06. The first kappa shape index (κ1) is 17.7. The number of benzene rings is 2. The summed E-state index contributed by atoms with van der Waals surface area (Å²) in [5.41, 5.74) is 0.0159. The van der Waals surface area contributed by atoms with Crippen LogP contribution in [0.5, 0.6) is 0 Å². The van der Waals surface area contributed by atoms with Crippen LogP contribution in [0, 0.1) is 35.3 Å². The zero-order chi connectivity index (χ0) is 20.3. The monoisotopic (exact) mass is 394 g/mol. The topological polar surface area (TPSA) is 66.5 Å². The van der Waals surface area contributed by atoms with E-state index in [0.29, 0.717) is 5.69 Å². The molecule has 1 saturated heterocycles. The van der Waals surface area contributed by atoms with Crippen LogP contribution in [0.4, 0.5) is 20.2 Å². The molecule has 3 aliphatic rings. The van der Waals surface area contributed by atoms with E-state index < -0.39 is 23.2 Å². The van der Waals surface area contributed by atoms with Crippen molar-refractivity contribution < 1.29 is 23.2 Å². The molecule has 0 radical (unpaired) electrons. The summed E-state index contributed by atoms with van der Waals surface area (Å²) in [6.07, 6.45) is 4.90. The van der Waals surface area contributed by atoms with Crippen LogP contribution >= 0.6 is 0 Å². The molecule has 1 heterocycles. The van der Waals surface area contributed by atoms with E-state index in [4.69, 9.17) is 0 Å². The molecule has 0 aromatic heterocycles. The van der Waals surface area contributed by atoms with Gasteiger partial charge in [0.05, 0.1) is 17.5 Å². The fourth-order valence-corrected chi connectivity index (χ4v) is 4.72. The standard InChI is InChI=1S/C22H16F2N2O3/c23-15-2-1-3-16(24)19(15)25-20(27)11-6-8-14(9-7-11)26-21(28)17-12-4-5-13(10-12)18(17)22(26)29/h1-9,12-13,17-18H,10H2,(H,25,27)/t12-,13+,17-,18+. The van der Waals surface area contributed by atoms with E-state index in [0.717, 1.165) is 18.6 Å². The molecule has 0 unspecified atom stereocenters. The highest BCUT2D eigenvalue weighted by Crippen LogP contribution is 2.53. The largest absolute Gasteiger partial charge is 0.317 e. The number of allylic oxidation sites excluding steroid dienone is 2. The third-order valence-corrected chi connectivity index (χ3v) is 6.06. The molecule has 2 bridgehead atoms. The van der Waals surface area contributed by atoms with Crippen LogP contribution in [0.15, 0.2) is 54.6 Å². The maximum atomic E-state index is 13.7. The van der Waals surface area contributed by atoms with Gasteiger partial charge in [0.2, 0.25) is 11.8 Å². The molecule has 5 nitrogen and oxygen atoms in total. The smallest absolute Gasteiger partial charge is 0.255 e. The second kappa shape index (κ2) is 6.34. The predicted molar refractivity (Wildman–Crippen MR) is 101 cm³/mol. The van der Waals surface area contributed by atoms with Gasteiger partial charge in [0.1, 0.15) is 17.3 Å². The van der Waals surface area contributed by atoms with Crippen molar-refractivity contribution in [3.8, 4) is 0 Å². The van der Waals surface area contributed by atoms with Crippen molar-refractivity contribution in [2.45, 2.75) is 6.42 Å². The summed E-state index contributed by atoms with van der Waals surface area (Å²) in [7, 11) is 0. The van der Waals surface area contributed by atoms with Gasteiger partial charge >= 0.3 is 0 Å². The fourth-order valence-electron chi connectivity index (χ4n) is 4.72. The second-order valence-corrected chi connectivity index (χ2v) is 7.61. The summed E-state index contributed by atoms with van der Waals surface area (Å²) in [6.45, 7) is 0. The molecule has 2 aromatic rings. The van der Waals surface area contributed by atoms with Gasteiger partial charge in [0.15, 0.2) is 0 Å². The summed E-state index contributed by atoms with van der Waals surface area (Å²) in [6, 6.07) is 9.14.